The Kier molecular flexibility index (Phi) is 8.57. The van der Waals surface area contributed by atoms with E-state index in [2.05, 4.69) is 5.32 Å². The summed E-state index contributed by atoms with van der Waals surface area (Å²) in [7, 11) is 1.87. The van der Waals surface area contributed by atoms with Crippen molar-refractivity contribution in [3.63, 3.8) is 0 Å². The van der Waals surface area contributed by atoms with Gasteiger partial charge in [0, 0.05) is 12.0 Å². The van der Waals surface area contributed by atoms with Gasteiger partial charge in [-0.15, -0.1) is 0 Å². The lowest BCUT2D eigenvalue weighted by molar-refractivity contribution is -0.297. The molecule has 5 N–H and O–H groups in total. The number of nitrogens with one attached hydrogen (secondary N) is 1. The van der Waals surface area contributed by atoms with Gasteiger partial charge in [-0.1, -0.05) is 48.5 Å². The number of carboxylic acid groups (broad SMARTS) is 1. The van der Waals surface area contributed by atoms with Crippen LogP contribution in [0.5, 0.6) is 5.75 Å². The van der Waals surface area contributed by atoms with Gasteiger partial charge < -0.3 is 40.0 Å². The highest BCUT2D eigenvalue weighted by atomic mass is 16.7. The van der Waals surface area contributed by atoms with Crippen molar-refractivity contribution in [3.05, 3.63) is 65.7 Å². The van der Waals surface area contributed by atoms with Crippen LogP contribution < -0.4 is 10.1 Å². The second-order valence-electron chi connectivity index (χ2n) is 7.56. The molecule has 174 valence electrons. The molecule has 2 aromatic carbocycles. The number of aliphatic hydroxyl groups excluding tert-OH is 3. The Bertz CT molecular complexity index is 864. The lowest BCUT2D eigenvalue weighted by atomic mass is 9.99. The van der Waals surface area contributed by atoms with E-state index >= 15 is 0 Å². The largest absolute Gasteiger partial charge is 0.485 e. The van der Waals surface area contributed by atoms with Gasteiger partial charge in [0.15, 0.2) is 12.4 Å². The standard InChI is InChI=1S/C23H29NO8/c1-24-12-11-17(14-7-3-2-4-8-14)31-16-10-6-5-9-15(16)13-30-23-20(27)18(25)19(26)21(32-23)22(28)29/h2-10,17-21,23-27H,11-13H2,1H3,(H,28,29)/t17-,18+,19+,20-,21+,23?/m1/s1. The van der Waals surface area contributed by atoms with Crippen LogP contribution in [0.25, 0.3) is 0 Å². The highest BCUT2D eigenvalue weighted by Crippen LogP contribution is 2.29. The summed E-state index contributed by atoms with van der Waals surface area (Å²) in [5.41, 5.74) is 1.67. The average Bonchev–Trinajstić information content (AvgIpc) is 2.80. The topological polar surface area (TPSA) is 138 Å². The maximum atomic E-state index is 11.3. The minimum Gasteiger partial charge on any atom is -0.485 e. The van der Waals surface area contributed by atoms with E-state index in [-0.39, 0.29) is 12.7 Å². The predicted octanol–water partition coefficient (Wildman–Crippen LogP) is 0.825. The van der Waals surface area contributed by atoms with Crippen molar-refractivity contribution in [2.75, 3.05) is 13.6 Å². The van der Waals surface area contributed by atoms with Gasteiger partial charge in [-0.25, -0.2) is 4.79 Å². The molecule has 0 bridgehead atoms. The summed E-state index contributed by atoms with van der Waals surface area (Å²) >= 11 is 0. The summed E-state index contributed by atoms with van der Waals surface area (Å²) in [5.74, 6) is -0.894. The molecule has 0 radical (unpaired) electrons. The molecule has 0 amide bonds. The normalized spacial score (nSPS) is 26.4. The lowest BCUT2D eigenvalue weighted by Crippen LogP contribution is -2.60. The first-order chi connectivity index (χ1) is 15.4. The Morgan fingerprint density at radius 3 is 2.41 bits per heavy atom. The van der Waals surface area contributed by atoms with E-state index in [9.17, 15) is 25.2 Å². The van der Waals surface area contributed by atoms with Crippen molar-refractivity contribution in [2.45, 2.75) is 49.8 Å². The molecule has 3 rings (SSSR count). The number of aliphatic hydroxyl groups is 3. The number of ether oxygens (including phenoxy) is 3. The van der Waals surface area contributed by atoms with E-state index in [1.165, 1.54) is 0 Å². The van der Waals surface area contributed by atoms with Gasteiger partial charge in [0.1, 0.15) is 30.2 Å². The lowest BCUT2D eigenvalue weighted by Gasteiger charge is -2.38. The van der Waals surface area contributed by atoms with E-state index in [4.69, 9.17) is 14.2 Å². The molecule has 1 fully saturated rings. The molecule has 0 aromatic heterocycles. The molecule has 1 heterocycles. The Labute approximate surface area is 186 Å². The van der Waals surface area contributed by atoms with E-state index in [0.717, 1.165) is 18.5 Å². The third-order valence-electron chi connectivity index (χ3n) is 5.29. The van der Waals surface area contributed by atoms with Gasteiger partial charge in [0.05, 0.1) is 6.61 Å². The molecule has 32 heavy (non-hydrogen) atoms. The summed E-state index contributed by atoms with van der Waals surface area (Å²) < 4.78 is 17.1. The Morgan fingerprint density at radius 2 is 1.72 bits per heavy atom. The minimum atomic E-state index is -1.77. The van der Waals surface area contributed by atoms with E-state index in [1.54, 1.807) is 18.2 Å². The number of para-hydroxylation sites is 1. The van der Waals surface area contributed by atoms with Crippen molar-refractivity contribution >= 4 is 5.97 Å². The van der Waals surface area contributed by atoms with Crippen LogP contribution in [-0.4, -0.2) is 70.7 Å². The zero-order valence-electron chi connectivity index (χ0n) is 17.7. The van der Waals surface area contributed by atoms with Crippen molar-refractivity contribution in [2.24, 2.45) is 0 Å². The number of hydrogen-bond acceptors (Lipinski definition) is 8. The molecule has 0 aliphatic carbocycles. The Balaban J connectivity index is 1.72. The van der Waals surface area contributed by atoms with Crippen LogP contribution >= 0.6 is 0 Å². The van der Waals surface area contributed by atoms with Gasteiger partial charge in [-0.05, 0) is 25.2 Å². The minimum absolute atomic E-state index is 0.0689. The molecular formula is C23H29NO8. The first kappa shape index (κ1) is 24.1. The number of carbonyl (C=O) groups is 1. The summed E-state index contributed by atoms with van der Waals surface area (Å²) in [6.45, 7) is 0.678. The molecule has 1 saturated heterocycles. The Hall–Kier alpha value is -2.53. The summed E-state index contributed by atoms with van der Waals surface area (Å²) in [4.78, 5) is 11.3. The van der Waals surface area contributed by atoms with Crippen molar-refractivity contribution < 1.29 is 39.4 Å². The monoisotopic (exact) mass is 447 g/mol. The molecule has 2 aromatic rings. The van der Waals surface area contributed by atoms with Crippen LogP contribution in [0.2, 0.25) is 0 Å². The number of benzene rings is 2. The highest BCUT2D eigenvalue weighted by molar-refractivity contribution is 5.73. The molecular weight excluding hydrogens is 418 g/mol. The van der Waals surface area contributed by atoms with Gasteiger partial charge in [-0.3, -0.25) is 0 Å². The number of carboxylic acids is 1. The van der Waals surface area contributed by atoms with Crippen LogP contribution in [0.3, 0.4) is 0 Å². The first-order valence-electron chi connectivity index (χ1n) is 10.4. The zero-order valence-corrected chi connectivity index (χ0v) is 17.7. The fourth-order valence-corrected chi connectivity index (χ4v) is 3.49. The SMILES string of the molecule is CNCC[C@@H](Oc1ccccc1COC1O[C@H](C(=O)O)[C@@H](O)[C@H](O)[C@H]1O)c1ccccc1. The summed E-state index contributed by atoms with van der Waals surface area (Å²) in [5, 5.41) is 42.2. The first-order valence-corrected chi connectivity index (χ1v) is 10.4. The maximum absolute atomic E-state index is 11.3. The Morgan fingerprint density at radius 1 is 1.03 bits per heavy atom. The van der Waals surface area contributed by atoms with E-state index in [1.807, 2.05) is 43.4 Å². The second kappa shape index (κ2) is 11.4. The van der Waals surface area contributed by atoms with Crippen molar-refractivity contribution in [1.82, 2.24) is 5.32 Å². The smallest absolute Gasteiger partial charge is 0.335 e. The molecule has 6 atom stereocenters. The molecule has 1 unspecified atom stereocenters. The van der Waals surface area contributed by atoms with Crippen LogP contribution in [0.15, 0.2) is 54.6 Å². The van der Waals surface area contributed by atoms with Gasteiger partial charge in [-0.2, -0.15) is 0 Å². The summed E-state index contributed by atoms with van der Waals surface area (Å²) in [6.07, 6.45) is -7.73. The van der Waals surface area contributed by atoms with E-state index in [0.29, 0.717) is 11.3 Å². The maximum Gasteiger partial charge on any atom is 0.335 e. The fourth-order valence-electron chi connectivity index (χ4n) is 3.49. The van der Waals surface area contributed by atoms with E-state index < -0.39 is 36.7 Å². The van der Waals surface area contributed by atoms with Crippen LogP contribution in [0, 0.1) is 0 Å². The molecule has 1 aliphatic heterocycles. The third kappa shape index (κ3) is 5.83. The highest BCUT2D eigenvalue weighted by Gasteiger charge is 2.47. The molecule has 9 heteroatoms. The molecule has 0 spiro atoms. The second-order valence-corrected chi connectivity index (χ2v) is 7.56. The van der Waals surface area contributed by atoms with Crippen molar-refractivity contribution in [1.29, 1.82) is 0 Å². The number of hydrogen-bond donors (Lipinski definition) is 5. The van der Waals surface area contributed by atoms with Crippen LogP contribution in [0.1, 0.15) is 23.7 Å². The van der Waals surface area contributed by atoms with Gasteiger partial charge in [0.2, 0.25) is 0 Å². The predicted molar refractivity (Wildman–Crippen MR) is 114 cm³/mol. The van der Waals surface area contributed by atoms with Gasteiger partial charge >= 0.3 is 5.97 Å². The van der Waals surface area contributed by atoms with Crippen LogP contribution in [0.4, 0.5) is 0 Å². The fraction of sp³-hybridized carbons (Fsp3) is 0.435. The number of aliphatic carboxylic acids is 1. The quantitative estimate of drug-likeness (QED) is 0.358. The van der Waals surface area contributed by atoms with Crippen molar-refractivity contribution in [3.8, 4) is 5.75 Å². The molecule has 0 saturated carbocycles. The van der Waals surface area contributed by atoms with Crippen LogP contribution in [-0.2, 0) is 20.9 Å². The average molecular weight is 447 g/mol. The molecule has 1 aliphatic rings. The molecule has 9 nitrogen and oxygen atoms in total. The number of rotatable bonds is 10. The summed E-state index contributed by atoms with van der Waals surface area (Å²) in [6, 6.07) is 17.0. The van der Waals surface area contributed by atoms with Gasteiger partial charge in [0.25, 0.3) is 0 Å². The third-order valence-corrected chi connectivity index (χ3v) is 5.29. The zero-order chi connectivity index (χ0) is 23.1.